The van der Waals surface area contributed by atoms with Crippen molar-refractivity contribution in [3.63, 3.8) is 0 Å². The molecule has 122 valence electrons. The van der Waals surface area contributed by atoms with E-state index in [9.17, 15) is 10.2 Å². The molecule has 24 heavy (non-hydrogen) atoms. The van der Waals surface area contributed by atoms with E-state index in [1.807, 2.05) is 24.3 Å². The highest BCUT2D eigenvalue weighted by Gasteiger charge is 2.30. The Balaban J connectivity index is 1.82. The van der Waals surface area contributed by atoms with Crippen LogP contribution in [0.1, 0.15) is 11.6 Å². The summed E-state index contributed by atoms with van der Waals surface area (Å²) in [7, 11) is 0. The van der Waals surface area contributed by atoms with E-state index >= 15 is 0 Å². The van der Waals surface area contributed by atoms with Crippen molar-refractivity contribution >= 4 is 11.0 Å². The highest BCUT2D eigenvalue weighted by molar-refractivity contribution is 5.83. The Morgan fingerprint density at radius 3 is 2.79 bits per heavy atom. The summed E-state index contributed by atoms with van der Waals surface area (Å²) in [5.74, 6) is 0.769. The largest absolute Gasteiger partial charge is 0.504 e. The second-order valence-corrected chi connectivity index (χ2v) is 6.18. The van der Waals surface area contributed by atoms with E-state index < -0.39 is 0 Å². The molecule has 1 aromatic heterocycles. The van der Waals surface area contributed by atoms with E-state index in [-0.39, 0.29) is 17.5 Å². The fraction of sp³-hybridized carbons (Fsp3) is 0.278. The zero-order chi connectivity index (χ0) is 16.3. The molecule has 0 saturated carbocycles. The molecule has 6 heteroatoms. The van der Waals surface area contributed by atoms with Gasteiger partial charge in [-0.05, 0) is 18.2 Å². The van der Waals surface area contributed by atoms with Crippen LogP contribution in [0.2, 0.25) is 0 Å². The van der Waals surface area contributed by atoms with Gasteiger partial charge in [-0.15, -0.1) is 0 Å². The van der Waals surface area contributed by atoms with E-state index in [2.05, 4.69) is 4.57 Å². The number of aromatic hydroxyl groups is 2. The summed E-state index contributed by atoms with van der Waals surface area (Å²) < 4.78 is 13.1. The molecule has 1 saturated heterocycles. The van der Waals surface area contributed by atoms with Gasteiger partial charge in [0.15, 0.2) is 11.5 Å². The third-order valence-electron chi connectivity index (χ3n) is 4.76. The summed E-state index contributed by atoms with van der Waals surface area (Å²) in [4.78, 5) is 4.79. The van der Waals surface area contributed by atoms with Gasteiger partial charge in [-0.1, -0.05) is 12.1 Å². The lowest BCUT2D eigenvalue weighted by Gasteiger charge is -2.29. The van der Waals surface area contributed by atoms with Crippen molar-refractivity contribution < 1.29 is 19.7 Å². The predicted octanol–water partition coefficient (Wildman–Crippen LogP) is 2.62. The minimum absolute atomic E-state index is 0.186. The van der Waals surface area contributed by atoms with Crippen molar-refractivity contribution in [3.05, 3.63) is 35.9 Å². The second-order valence-electron chi connectivity index (χ2n) is 6.18. The Morgan fingerprint density at radius 2 is 2.00 bits per heavy atom. The lowest BCUT2D eigenvalue weighted by atomic mass is 10.0. The second kappa shape index (κ2) is 4.88. The molecule has 3 aromatic rings. The Kier molecular flexibility index (Phi) is 2.78. The summed E-state index contributed by atoms with van der Waals surface area (Å²) in [6, 6.07) is 9.78. The van der Waals surface area contributed by atoms with Gasteiger partial charge in [0.2, 0.25) is 5.75 Å². The SMILES string of the molecule is Oc1cc(-c2nc3ccccc3n2C2COC2)c2c(c1O)OCC2. The fourth-order valence-electron chi connectivity index (χ4n) is 3.51. The smallest absolute Gasteiger partial charge is 0.200 e. The van der Waals surface area contributed by atoms with Gasteiger partial charge in [0.25, 0.3) is 0 Å². The van der Waals surface area contributed by atoms with Crippen LogP contribution in [-0.2, 0) is 11.2 Å². The van der Waals surface area contributed by atoms with Gasteiger partial charge in [0, 0.05) is 17.5 Å². The summed E-state index contributed by atoms with van der Waals surface area (Å²) in [5, 5.41) is 20.2. The first kappa shape index (κ1) is 13.7. The van der Waals surface area contributed by atoms with Crippen molar-refractivity contribution in [2.24, 2.45) is 0 Å². The Morgan fingerprint density at radius 1 is 1.17 bits per heavy atom. The van der Waals surface area contributed by atoms with Crippen molar-refractivity contribution in [3.8, 4) is 28.6 Å². The number of fused-ring (bicyclic) bond motifs is 2. The number of benzene rings is 2. The van der Waals surface area contributed by atoms with Gasteiger partial charge in [-0.25, -0.2) is 4.98 Å². The average Bonchev–Trinajstić information content (AvgIpc) is 3.15. The minimum Gasteiger partial charge on any atom is -0.504 e. The van der Waals surface area contributed by atoms with Crippen LogP contribution in [0.25, 0.3) is 22.4 Å². The Labute approximate surface area is 137 Å². The minimum atomic E-state index is -0.194. The van der Waals surface area contributed by atoms with Gasteiger partial charge in [0.1, 0.15) is 5.82 Å². The summed E-state index contributed by atoms with van der Waals surface area (Å²) >= 11 is 0. The van der Waals surface area contributed by atoms with E-state index in [4.69, 9.17) is 14.5 Å². The number of phenols is 2. The standard InChI is InChI=1S/C18H16N2O4/c21-15-7-12(11-5-6-24-17(11)16(15)22)18-19-13-3-1-2-4-14(13)20(18)10-8-23-9-10/h1-4,7,10,21-22H,5-6,8-9H2. The molecule has 6 nitrogen and oxygen atoms in total. The van der Waals surface area contributed by atoms with E-state index in [0.29, 0.717) is 32.0 Å². The van der Waals surface area contributed by atoms with Gasteiger partial charge < -0.3 is 24.3 Å². The number of aromatic nitrogens is 2. The molecule has 0 spiro atoms. The Hall–Kier alpha value is -2.73. The molecular weight excluding hydrogens is 308 g/mol. The van der Waals surface area contributed by atoms with E-state index in [1.54, 1.807) is 6.07 Å². The van der Waals surface area contributed by atoms with Crippen molar-refractivity contribution in [2.75, 3.05) is 19.8 Å². The molecule has 0 atom stereocenters. The van der Waals surface area contributed by atoms with Crippen LogP contribution in [0.5, 0.6) is 17.2 Å². The maximum Gasteiger partial charge on any atom is 0.200 e. The molecule has 2 aliphatic heterocycles. The number of nitrogens with zero attached hydrogens (tertiary/aromatic N) is 2. The molecule has 2 aliphatic rings. The fourth-order valence-corrected chi connectivity index (χ4v) is 3.51. The Bertz CT molecular complexity index is 959. The molecule has 0 unspecified atom stereocenters. The predicted molar refractivity (Wildman–Crippen MR) is 87.6 cm³/mol. The number of para-hydroxylation sites is 2. The molecule has 0 radical (unpaired) electrons. The van der Waals surface area contributed by atoms with Crippen molar-refractivity contribution in [1.82, 2.24) is 9.55 Å². The van der Waals surface area contributed by atoms with Gasteiger partial charge in [-0.3, -0.25) is 0 Å². The summed E-state index contributed by atoms with van der Waals surface area (Å²) in [6.45, 7) is 1.79. The zero-order valence-electron chi connectivity index (χ0n) is 12.9. The molecule has 0 amide bonds. The van der Waals surface area contributed by atoms with Crippen molar-refractivity contribution in [1.29, 1.82) is 0 Å². The van der Waals surface area contributed by atoms with Gasteiger partial charge >= 0.3 is 0 Å². The molecule has 2 aromatic carbocycles. The molecular formula is C18H16N2O4. The van der Waals surface area contributed by atoms with Crippen LogP contribution in [0.4, 0.5) is 0 Å². The monoisotopic (exact) mass is 324 g/mol. The first-order valence-corrected chi connectivity index (χ1v) is 7.99. The van der Waals surface area contributed by atoms with Gasteiger partial charge in [0.05, 0.1) is 36.9 Å². The summed E-state index contributed by atoms with van der Waals surface area (Å²) in [5.41, 5.74) is 3.64. The normalized spacial score (nSPS) is 16.8. The first-order valence-electron chi connectivity index (χ1n) is 7.99. The quantitative estimate of drug-likeness (QED) is 0.709. The maximum atomic E-state index is 10.1. The number of hydrogen-bond acceptors (Lipinski definition) is 5. The highest BCUT2D eigenvalue weighted by atomic mass is 16.5. The van der Waals surface area contributed by atoms with Crippen LogP contribution in [0.3, 0.4) is 0 Å². The number of imidazole rings is 1. The van der Waals surface area contributed by atoms with E-state index in [0.717, 1.165) is 28.0 Å². The molecule has 2 N–H and O–H groups in total. The third kappa shape index (κ3) is 1.77. The van der Waals surface area contributed by atoms with Crippen LogP contribution in [-0.4, -0.2) is 39.6 Å². The van der Waals surface area contributed by atoms with Crippen molar-refractivity contribution in [2.45, 2.75) is 12.5 Å². The number of rotatable bonds is 2. The average molecular weight is 324 g/mol. The lowest BCUT2D eigenvalue weighted by molar-refractivity contribution is -0.0209. The molecule has 0 bridgehead atoms. The number of hydrogen-bond donors (Lipinski definition) is 2. The molecule has 5 rings (SSSR count). The number of phenolic OH excluding ortho intramolecular Hbond substituents is 2. The number of ether oxygens (including phenoxy) is 2. The topological polar surface area (TPSA) is 76.7 Å². The maximum absolute atomic E-state index is 10.1. The highest BCUT2D eigenvalue weighted by Crippen LogP contribution is 2.47. The lowest BCUT2D eigenvalue weighted by Crippen LogP contribution is -2.31. The third-order valence-corrected chi connectivity index (χ3v) is 4.76. The first-order chi connectivity index (χ1) is 11.7. The van der Waals surface area contributed by atoms with Crippen LogP contribution in [0, 0.1) is 0 Å². The summed E-state index contributed by atoms with van der Waals surface area (Å²) in [6.07, 6.45) is 0.683. The van der Waals surface area contributed by atoms with Crippen LogP contribution in [0.15, 0.2) is 30.3 Å². The molecule has 0 aliphatic carbocycles. The van der Waals surface area contributed by atoms with E-state index in [1.165, 1.54) is 0 Å². The van der Waals surface area contributed by atoms with Crippen LogP contribution < -0.4 is 4.74 Å². The molecule has 1 fully saturated rings. The van der Waals surface area contributed by atoms with Gasteiger partial charge in [-0.2, -0.15) is 0 Å². The zero-order valence-corrected chi connectivity index (χ0v) is 12.9. The van der Waals surface area contributed by atoms with Crippen LogP contribution >= 0.6 is 0 Å². The molecule has 3 heterocycles.